The minimum atomic E-state index is -0.313. The van der Waals surface area contributed by atoms with Gasteiger partial charge in [-0.1, -0.05) is 35.5 Å². The second kappa shape index (κ2) is 5.87. The average molecular weight is 280 g/mol. The summed E-state index contributed by atoms with van der Waals surface area (Å²) in [6.07, 6.45) is 1.26. The maximum absolute atomic E-state index is 11.9. The Kier molecular flexibility index (Phi) is 3.60. The van der Waals surface area contributed by atoms with Crippen LogP contribution in [0.15, 0.2) is 65.5 Å². The summed E-state index contributed by atoms with van der Waals surface area (Å²) in [4.78, 5) is 15.9. The highest BCUT2D eigenvalue weighted by atomic mass is 16.5. The Morgan fingerprint density at radius 2 is 1.71 bits per heavy atom. The fourth-order valence-electron chi connectivity index (χ4n) is 1.85. The summed E-state index contributed by atoms with van der Waals surface area (Å²) in [6.45, 7) is 0. The summed E-state index contributed by atoms with van der Waals surface area (Å²) in [7, 11) is 0. The molecule has 3 rings (SSSR count). The third kappa shape index (κ3) is 3.24. The molecule has 2 N–H and O–H groups in total. The van der Waals surface area contributed by atoms with Crippen molar-refractivity contribution in [2.45, 2.75) is 0 Å². The SMILES string of the molecule is O=C(Nc1ccccc1)Nc1cccc(-c2ncon2)c1. The zero-order valence-electron chi connectivity index (χ0n) is 11.0. The van der Waals surface area contributed by atoms with Crippen molar-refractivity contribution in [3.8, 4) is 11.4 Å². The second-order valence-corrected chi connectivity index (χ2v) is 4.28. The van der Waals surface area contributed by atoms with Crippen LogP contribution in [-0.2, 0) is 0 Å². The lowest BCUT2D eigenvalue weighted by atomic mass is 10.2. The van der Waals surface area contributed by atoms with E-state index in [9.17, 15) is 4.79 Å². The van der Waals surface area contributed by atoms with Crippen LogP contribution in [0.5, 0.6) is 0 Å². The van der Waals surface area contributed by atoms with Gasteiger partial charge in [0.25, 0.3) is 0 Å². The summed E-state index contributed by atoms with van der Waals surface area (Å²) in [6, 6.07) is 16.1. The highest BCUT2D eigenvalue weighted by Crippen LogP contribution is 2.19. The van der Waals surface area contributed by atoms with Crippen LogP contribution in [0, 0.1) is 0 Å². The quantitative estimate of drug-likeness (QED) is 0.770. The van der Waals surface area contributed by atoms with E-state index in [2.05, 4.69) is 20.8 Å². The molecule has 0 saturated carbocycles. The third-order valence-corrected chi connectivity index (χ3v) is 2.77. The van der Waals surface area contributed by atoms with Gasteiger partial charge in [0.1, 0.15) is 0 Å². The molecule has 0 atom stereocenters. The third-order valence-electron chi connectivity index (χ3n) is 2.77. The van der Waals surface area contributed by atoms with Crippen LogP contribution in [0.4, 0.5) is 16.2 Å². The number of hydrogen-bond donors (Lipinski definition) is 2. The molecular weight excluding hydrogens is 268 g/mol. The Bertz CT molecular complexity index is 726. The van der Waals surface area contributed by atoms with Crippen molar-refractivity contribution in [1.29, 1.82) is 0 Å². The Hall–Kier alpha value is -3.15. The lowest BCUT2D eigenvalue weighted by Gasteiger charge is -2.08. The summed E-state index contributed by atoms with van der Waals surface area (Å²) in [5.41, 5.74) is 2.14. The van der Waals surface area contributed by atoms with E-state index >= 15 is 0 Å². The van der Waals surface area contributed by atoms with E-state index in [1.807, 2.05) is 42.5 Å². The van der Waals surface area contributed by atoms with Crippen LogP contribution < -0.4 is 10.6 Å². The molecule has 3 aromatic rings. The zero-order chi connectivity index (χ0) is 14.5. The Morgan fingerprint density at radius 1 is 0.952 bits per heavy atom. The molecule has 0 radical (unpaired) electrons. The van der Waals surface area contributed by atoms with Gasteiger partial charge in [0.05, 0.1) is 0 Å². The molecule has 6 heteroatoms. The number of nitrogens with zero attached hydrogens (tertiary/aromatic N) is 2. The number of carbonyl (C=O) groups is 1. The predicted molar refractivity (Wildman–Crippen MR) is 78.8 cm³/mol. The summed E-state index contributed by atoms with van der Waals surface area (Å²) in [5.74, 6) is 0.474. The molecule has 1 heterocycles. The molecular formula is C15H12N4O2. The van der Waals surface area contributed by atoms with Gasteiger partial charge in [-0.15, -0.1) is 0 Å². The van der Waals surface area contributed by atoms with Crippen molar-refractivity contribution < 1.29 is 9.32 Å². The topological polar surface area (TPSA) is 80.0 Å². The van der Waals surface area contributed by atoms with Crippen molar-refractivity contribution in [2.75, 3.05) is 10.6 Å². The van der Waals surface area contributed by atoms with Gasteiger partial charge in [-0.05, 0) is 24.3 Å². The van der Waals surface area contributed by atoms with Crippen LogP contribution >= 0.6 is 0 Å². The largest absolute Gasteiger partial charge is 0.342 e. The number of amides is 2. The number of para-hydroxylation sites is 1. The molecule has 0 spiro atoms. The van der Waals surface area contributed by atoms with Gasteiger partial charge in [-0.3, -0.25) is 0 Å². The Labute approximate surface area is 120 Å². The second-order valence-electron chi connectivity index (χ2n) is 4.28. The summed E-state index contributed by atoms with van der Waals surface area (Å²) in [5, 5.41) is 9.26. The molecule has 6 nitrogen and oxygen atoms in total. The standard InChI is InChI=1S/C15H12N4O2/c20-15(17-12-6-2-1-3-7-12)18-13-8-4-5-11(9-13)14-16-10-21-19-14/h1-10H,(H2,17,18,20). The summed E-state index contributed by atoms with van der Waals surface area (Å²) < 4.78 is 4.71. The zero-order valence-corrected chi connectivity index (χ0v) is 11.0. The van der Waals surface area contributed by atoms with Crippen LogP contribution in [-0.4, -0.2) is 16.2 Å². The highest BCUT2D eigenvalue weighted by molar-refractivity contribution is 6.00. The number of rotatable bonds is 3. The van der Waals surface area contributed by atoms with Crippen molar-refractivity contribution in [3.63, 3.8) is 0 Å². The van der Waals surface area contributed by atoms with Gasteiger partial charge in [-0.2, -0.15) is 4.98 Å². The van der Waals surface area contributed by atoms with Crippen LogP contribution in [0.25, 0.3) is 11.4 Å². The molecule has 104 valence electrons. The molecule has 0 aliphatic heterocycles. The van der Waals surface area contributed by atoms with Crippen molar-refractivity contribution >= 4 is 17.4 Å². The maximum atomic E-state index is 11.9. The van der Waals surface area contributed by atoms with E-state index in [0.717, 1.165) is 11.3 Å². The molecule has 1 aromatic heterocycles. The van der Waals surface area contributed by atoms with Crippen LogP contribution in [0.1, 0.15) is 0 Å². The number of carbonyl (C=O) groups excluding carboxylic acids is 1. The number of urea groups is 1. The van der Waals surface area contributed by atoms with Gasteiger partial charge in [-0.25, -0.2) is 4.79 Å². The minimum absolute atomic E-state index is 0.313. The van der Waals surface area contributed by atoms with E-state index < -0.39 is 0 Å². The first-order valence-electron chi connectivity index (χ1n) is 6.31. The van der Waals surface area contributed by atoms with Crippen LogP contribution in [0.3, 0.4) is 0 Å². The lowest BCUT2D eigenvalue weighted by molar-refractivity contribution is 0.262. The first-order valence-corrected chi connectivity index (χ1v) is 6.31. The smallest absolute Gasteiger partial charge is 0.323 e. The number of benzene rings is 2. The molecule has 0 saturated heterocycles. The molecule has 0 bridgehead atoms. The average Bonchev–Trinajstić information content (AvgIpc) is 3.02. The number of anilines is 2. The Balaban J connectivity index is 1.70. The molecule has 2 amide bonds. The van der Waals surface area contributed by atoms with Gasteiger partial charge < -0.3 is 15.2 Å². The van der Waals surface area contributed by atoms with Gasteiger partial charge >= 0.3 is 6.03 Å². The van der Waals surface area contributed by atoms with Gasteiger partial charge in [0, 0.05) is 16.9 Å². The van der Waals surface area contributed by atoms with E-state index in [1.165, 1.54) is 6.39 Å². The van der Waals surface area contributed by atoms with Gasteiger partial charge in [0.15, 0.2) is 0 Å². The number of aromatic nitrogens is 2. The molecule has 2 aromatic carbocycles. The van der Waals surface area contributed by atoms with Crippen molar-refractivity contribution in [2.24, 2.45) is 0 Å². The Morgan fingerprint density at radius 3 is 2.48 bits per heavy atom. The van der Waals surface area contributed by atoms with E-state index in [4.69, 9.17) is 4.52 Å². The van der Waals surface area contributed by atoms with Crippen LogP contribution in [0.2, 0.25) is 0 Å². The van der Waals surface area contributed by atoms with E-state index in [0.29, 0.717) is 11.5 Å². The fourth-order valence-corrected chi connectivity index (χ4v) is 1.85. The monoisotopic (exact) mass is 280 g/mol. The molecule has 0 unspecified atom stereocenters. The number of nitrogens with one attached hydrogen (secondary N) is 2. The van der Waals surface area contributed by atoms with Gasteiger partial charge in [0.2, 0.25) is 12.2 Å². The molecule has 0 fully saturated rings. The van der Waals surface area contributed by atoms with E-state index in [-0.39, 0.29) is 6.03 Å². The highest BCUT2D eigenvalue weighted by Gasteiger charge is 2.06. The van der Waals surface area contributed by atoms with Crippen molar-refractivity contribution in [3.05, 3.63) is 61.0 Å². The molecule has 21 heavy (non-hydrogen) atoms. The molecule has 0 aliphatic carbocycles. The molecule has 0 aliphatic rings. The first kappa shape index (κ1) is 12.9. The predicted octanol–water partition coefficient (Wildman–Crippen LogP) is 3.38. The summed E-state index contributed by atoms with van der Waals surface area (Å²) >= 11 is 0. The normalized spacial score (nSPS) is 10.1. The lowest BCUT2D eigenvalue weighted by Crippen LogP contribution is -2.19. The maximum Gasteiger partial charge on any atom is 0.323 e. The van der Waals surface area contributed by atoms with Crippen molar-refractivity contribution in [1.82, 2.24) is 10.1 Å². The fraction of sp³-hybridized carbons (Fsp3) is 0. The first-order chi connectivity index (χ1) is 10.3. The van der Waals surface area contributed by atoms with E-state index in [1.54, 1.807) is 12.1 Å². The number of hydrogen-bond acceptors (Lipinski definition) is 4. The minimum Gasteiger partial charge on any atom is -0.342 e.